The molecule has 0 spiro atoms. The molecule has 0 radical (unpaired) electrons. The van der Waals surface area contributed by atoms with E-state index in [1.54, 1.807) is 0 Å². The molecular weight excluding hydrogens is 328 g/mol. The van der Waals surface area contributed by atoms with E-state index in [1.807, 2.05) is 0 Å². The molecule has 2 amide bonds. The molecule has 5 nitrogen and oxygen atoms in total. The molecule has 25 heavy (non-hydrogen) atoms. The van der Waals surface area contributed by atoms with Crippen LogP contribution < -0.4 is 10.6 Å². The Labute approximate surface area is 143 Å². The van der Waals surface area contributed by atoms with Crippen molar-refractivity contribution in [1.82, 2.24) is 10.3 Å². The first-order chi connectivity index (χ1) is 12.0. The number of benzene rings is 1. The lowest BCUT2D eigenvalue weighted by Gasteiger charge is -2.12. The normalized spacial score (nSPS) is 14.3. The Hall–Kier alpha value is -2.83. The van der Waals surface area contributed by atoms with E-state index in [1.165, 1.54) is 18.3 Å². The van der Waals surface area contributed by atoms with Gasteiger partial charge in [0.2, 0.25) is 0 Å². The number of nitrogens with zero attached hydrogens (tertiary/aromatic N) is 1. The first-order valence-corrected chi connectivity index (χ1v) is 8.06. The second-order valence-electron chi connectivity index (χ2n) is 5.96. The van der Waals surface area contributed by atoms with Crippen molar-refractivity contribution in [2.24, 2.45) is 0 Å². The summed E-state index contributed by atoms with van der Waals surface area (Å²) in [5, 5.41) is 5.24. The summed E-state index contributed by atoms with van der Waals surface area (Å²) in [7, 11) is 0. The fourth-order valence-electron chi connectivity index (χ4n) is 2.81. The van der Waals surface area contributed by atoms with Gasteiger partial charge in [-0.3, -0.25) is 14.6 Å². The van der Waals surface area contributed by atoms with Crippen molar-refractivity contribution in [3.8, 4) is 0 Å². The average molecular weight is 345 g/mol. The Morgan fingerprint density at radius 1 is 1.04 bits per heavy atom. The van der Waals surface area contributed by atoms with Crippen molar-refractivity contribution in [2.45, 2.75) is 31.7 Å². The molecule has 0 bridgehead atoms. The van der Waals surface area contributed by atoms with Crippen LogP contribution in [-0.2, 0) is 0 Å². The lowest BCUT2D eigenvalue weighted by Crippen LogP contribution is -2.32. The first-order valence-electron chi connectivity index (χ1n) is 8.06. The summed E-state index contributed by atoms with van der Waals surface area (Å²) in [5.74, 6) is -2.57. The van der Waals surface area contributed by atoms with E-state index in [0.29, 0.717) is 11.6 Å². The van der Waals surface area contributed by atoms with Crippen LogP contribution in [0.4, 0.5) is 14.5 Å². The van der Waals surface area contributed by atoms with Crippen LogP contribution in [0.15, 0.2) is 36.5 Å². The lowest BCUT2D eigenvalue weighted by atomic mass is 10.1. The number of aromatic nitrogens is 1. The van der Waals surface area contributed by atoms with E-state index >= 15 is 0 Å². The first kappa shape index (κ1) is 17.0. The van der Waals surface area contributed by atoms with Gasteiger partial charge in [-0.1, -0.05) is 12.8 Å². The Morgan fingerprint density at radius 2 is 1.80 bits per heavy atom. The van der Waals surface area contributed by atoms with Crippen molar-refractivity contribution in [3.63, 3.8) is 0 Å². The van der Waals surface area contributed by atoms with Gasteiger partial charge in [-0.2, -0.15) is 0 Å². The fourth-order valence-corrected chi connectivity index (χ4v) is 2.81. The van der Waals surface area contributed by atoms with Gasteiger partial charge in [-0.15, -0.1) is 0 Å². The van der Waals surface area contributed by atoms with Gasteiger partial charge >= 0.3 is 0 Å². The highest BCUT2D eigenvalue weighted by molar-refractivity contribution is 6.04. The molecule has 0 atom stereocenters. The largest absolute Gasteiger partial charge is 0.349 e. The predicted octanol–water partition coefficient (Wildman–Crippen LogP) is 3.28. The highest BCUT2D eigenvalue weighted by Crippen LogP contribution is 2.19. The number of rotatable bonds is 4. The minimum atomic E-state index is -0.886. The maximum Gasteiger partial charge on any atom is 0.274 e. The van der Waals surface area contributed by atoms with Gasteiger partial charge in [0.1, 0.15) is 17.3 Å². The van der Waals surface area contributed by atoms with Crippen LogP contribution in [0, 0.1) is 11.6 Å². The number of halogens is 2. The third kappa shape index (κ3) is 4.17. The predicted molar refractivity (Wildman–Crippen MR) is 88.3 cm³/mol. The van der Waals surface area contributed by atoms with Crippen LogP contribution in [0.3, 0.4) is 0 Å². The topological polar surface area (TPSA) is 71.1 Å². The maximum absolute atomic E-state index is 13.6. The third-order valence-corrected chi connectivity index (χ3v) is 4.12. The lowest BCUT2D eigenvalue weighted by molar-refractivity contribution is 0.0937. The Kier molecular flexibility index (Phi) is 5.02. The zero-order chi connectivity index (χ0) is 17.8. The van der Waals surface area contributed by atoms with E-state index in [2.05, 4.69) is 15.6 Å². The highest BCUT2D eigenvalue weighted by Gasteiger charge is 2.19. The molecule has 1 heterocycles. The molecule has 0 saturated heterocycles. The van der Waals surface area contributed by atoms with E-state index in [9.17, 15) is 18.4 Å². The molecule has 2 aromatic rings. The molecule has 0 aliphatic heterocycles. The van der Waals surface area contributed by atoms with Crippen LogP contribution >= 0.6 is 0 Å². The summed E-state index contributed by atoms with van der Waals surface area (Å²) in [6, 6.07) is 5.86. The van der Waals surface area contributed by atoms with Crippen LogP contribution in [0.2, 0.25) is 0 Å². The molecule has 130 valence electrons. The summed E-state index contributed by atoms with van der Waals surface area (Å²) in [6.07, 6.45) is 5.44. The molecule has 1 aliphatic rings. The Morgan fingerprint density at radius 3 is 2.52 bits per heavy atom. The average Bonchev–Trinajstić information content (AvgIpc) is 3.10. The quantitative estimate of drug-likeness (QED) is 0.893. The maximum atomic E-state index is 13.6. The van der Waals surface area contributed by atoms with Gasteiger partial charge in [-0.05, 0) is 37.1 Å². The van der Waals surface area contributed by atoms with Crippen LogP contribution in [0.25, 0.3) is 0 Å². The zero-order valence-electron chi connectivity index (χ0n) is 13.4. The summed E-state index contributed by atoms with van der Waals surface area (Å²) >= 11 is 0. The van der Waals surface area contributed by atoms with Gasteiger partial charge in [0.15, 0.2) is 0 Å². The third-order valence-electron chi connectivity index (χ3n) is 4.12. The van der Waals surface area contributed by atoms with Crippen LogP contribution in [0.1, 0.15) is 46.5 Å². The smallest absolute Gasteiger partial charge is 0.274 e. The molecule has 1 aliphatic carbocycles. The second-order valence-corrected chi connectivity index (χ2v) is 5.96. The summed E-state index contributed by atoms with van der Waals surface area (Å²) < 4.78 is 26.5. The Balaban J connectivity index is 1.71. The number of nitrogens with one attached hydrogen (secondary N) is 2. The minimum Gasteiger partial charge on any atom is -0.349 e. The van der Waals surface area contributed by atoms with Crippen molar-refractivity contribution >= 4 is 17.5 Å². The van der Waals surface area contributed by atoms with E-state index in [0.717, 1.165) is 37.8 Å². The molecule has 2 N–H and O–H groups in total. The second kappa shape index (κ2) is 7.38. The molecule has 3 rings (SSSR count). The van der Waals surface area contributed by atoms with Gasteiger partial charge < -0.3 is 10.6 Å². The number of hydrogen-bond donors (Lipinski definition) is 2. The Bertz CT molecular complexity index is 805. The standard InChI is InChI=1S/C18H17F2N3O2/c19-12-5-6-15(14(20)10-12)23-18(25)16-9-11(7-8-21-16)17(24)22-13-3-1-2-4-13/h5-10,13H,1-4H2,(H,22,24)(H,23,25). The van der Waals surface area contributed by atoms with E-state index < -0.39 is 17.5 Å². The van der Waals surface area contributed by atoms with Gasteiger partial charge in [0.05, 0.1) is 5.69 Å². The fraction of sp³-hybridized carbons (Fsp3) is 0.278. The summed E-state index contributed by atoms with van der Waals surface area (Å²) in [4.78, 5) is 28.4. The van der Waals surface area contributed by atoms with Crippen molar-refractivity contribution < 1.29 is 18.4 Å². The monoisotopic (exact) mass is 345 g/mol. The minimum absolute atomic E-state index is 0.0252. The van der Waals surface area contributed by atoms with E-state index in [4.69, 9.17) is 0 Å². The van der Waals surface area contributed by atoms with Crippen LogP contribution in [0.5, 0.6) is 0 Å². The van der Waals surface area contributed by atoms with Crippen molar-refractivity contribution in [1.29, 1.82) is 0 Å². The molecule has 1 aromatic heterocycles. The number of hydrogen-bond acceptors (Lipinski definition) is 3. The molecule has 1 saturated carbocycles. The SMILES string of the molecule is O=C(NC1CCCC1)c1ccnc(C(=O)Nc2ccc(F)cc2F)c1. The molecule has 1 aromatic carbocycles. The molecule has 1 fully saturated rings. The van der Waals surface area contributed by atoms with Gasteiger partial charge in [0.25, 0.3) is 11.8 Å². The number of pyridine rings is 1. The molecule has 0 unspecified atom stereocenters. The zero-order valence-corrected chi connectivity index (χ0v) is 13.4. The molecule has 7 heteroatoms. The summed E-state index contributed by atoms with van der Waals surface area (Å²) in [5.41, 5.74) is 0.128. The van der Waals surface area contributed by atoms with Crippen molar-refractivity contribution in [2.75, 3.05) is 5.32 Å². The van der Waals surface area contributed by atoms with Crippen molar-refractivity contribution in [3.05, 3.63) is 59.4 Å². The summed E-state index contributed by atoms with van der Waals surface area (Å²) in [6.45, 7) is 0. The molecular formula is C18H17F2N3O2. The van der Waals surface area contributed by atoms with E-state index in [-0.39, 0.29) is 23.3 Å². The number of carbonyl (C=O) groups is 2. The van der Waals surface area contributed by atoms with Gasteiger partial charge in [0, 0.05) is 23.9 Å². The highest BCUT2D eigenvalue weighted by atomic mass is 19.1. The van der Waals surface area contributed by atoms with Gasteiger partial charge in [-0.25, -0.2) is 8.78 Å². The number of carbonyl (C=O) groups excluding carboxylic acids is 2. The number of anilines is 1. The van der Waals surface area contributed by atoms with Crippen LogP contribution in [-0.4, -0.2) is 22.8 Å². The number of amides is 2.